The Hall–Kier alpha value is -3.34. The Morgan fingerprint density at radius 2 is 1.74 bits per heavy atom. The van der Waals surface area contributed by atoms with Crippen molar-refractivity contribution < 1.29 is 18.7 Å². The van der Waals surface area contributed by atoms with Gasteiger partial charge < -0.3 is 13.9 Å². The zero-order valence-corrected chi connectivity index (χ0v) is 15.0. The van der Waals surface area contributed by atoms with E-state index in [1.165, 1.54) is 5.56 Å². The first-order valence-electron chi connectivity index (χ1n) is 8.75. The number of aliphatic carboxylic acids is 1. The zero-order valence-electron chi connectivity index (χ0n) is 15.0. The Balaban J connectivity index is 2.04. The molecular formula is C22H18O5. The second kappa shape index (κ2) is 6.43. The van der Waals surface area contributed by atoms with Gasteiger partial charge >= 0.3 is 11.6 Å². The summed E-state index contributed by atoms with van der Waals surface area (Å²) in [7, 11) is 0. The standard InChI is InChI=1S/C22H18O5/c1-12(2)13-7-9-14(10-8-13)20-16(11-18(23)24)19-21(27-20)15-5-3-4-6-17(15)26-22(19)25/h3-10,12H,11H2,1-2H3,(H,23,24). The Morgan fingerprint density at radius 1 is 1.04 bits per heavy atom. The van der Waals surface area contributed by atoms with E-state index in [0.717, 1.165) is 5.56 Å². The highest BCUT2D eigenvalue weighted by Gasteiger charge is 2.23. The van der Waals surface area contributed by atoms with Gasteiger partial charge in [-0.25, -0.2) is 4.79 Å². The van der Waals surface area contributed by atoms with Crippen LogP contribution in [0.4, 0.5) is 0 Å². The van der Waals surface area contributed by atoms with E-state index in [0.29, 0.717) is 33.8 Å². The molecule has 0 aliphatic heterocycles. The molecule has 27 heavy (non-hydrogen) atoms. The molecule has 0 spiro atoms. The monoisotopic (exact) mass is 362 g/mol. The lowest BCUT2D eigenvalue weighted by atomic mass is 9.98. The molecule has 0 saturated heterocycles. The van der Waals surface area contributed by atoms with Crippen LogP contribution in [0.1, 0.15) is 30.9 Å². The summed E-state index contributed by atoms with van der Waals surface area (Å²) in [4.78, 5) is 24.0. The van der Waals surface area contributed by atoms with Crippen molar-refractivity contribution in [3.05, 3.63) is 70.1 Å². The van der Waals surface area contributed by atoms with Crippen LogP contribution in [0.15, 0.2) is 62.2 Å². The lowest BCUT2D eigenvalue weighted by Gasteiger charge is -2.06. The number of para-hydroxylation sites is 1. The van der Waals surface area contributed by atoms with Crippen molar-refractivity contribution in [3.8, 4) is 11.3 Å². The fourth-order valence-corrected chi connectivity index (χ4v) is 3.34. The summed E-state index contributed by atoms with van der Waals surface area (Å²) < 4.78 is 11.4. The Morgan fingerprint density at radius 3 is 2.41 bits per heavy atom. The predicted molar refractivity (Wildman–Crippen MR) is 103 cm³/mol. The van der Waals surface area contributed by atoms with Crippen LogP contribution in [0.25, 0.3) is 33.3 Å². The lowest BCUT2D eigenvalue weighted by molar-refractivity contribution is -0.136. The minimum Gasteiger partial charge on any atom is -0.481 e. The average molecular weight is 362 g/mol. The average Bonchev–Trinajstić information content (AvgIpc) is 3.01. The fraction of sp³-hybridized carbons (Fsp3) is 0.182. The second-order valence-electron chi connectivity index (χ2n) is 6.85. The van der Waals surface area contributed by atoms with Gasteiger partial charge in [-0.3, -0.25) is 4.79 Å². The molecule has 0 saturated carbocycles. The largest absolute Gasteiger partial charge is 0.481 e. The van der Waals surface area contributed by atoms with Gasteiger partial charge in [0.15, 0.2) is 5.58 Å². The van der Waals surface area contributed by atoms with Crippen molar-refractivity contribution in [1.29, 1.82) is 0 Å². The van der Waals surface area contributed by atoms with E-state index in [9.17, 15) is 14.7 Å². The third-order valence-corrected chi connectivity index (χ3v) is 4.71. The quantitative estimate of drug-likeness (QED) is 0.519. The van der Waals surface area contributed by atoms with Gasteiger partial charge in [-0.15, -0.1) is 0 Å². The van der Waals surface area contributed by atoms with E-state index in [2.05, 4.69) is 13.8 Å². The van der Waals surface area contributed by atoms with E-state index < -0.39 is 11.6 Å². The van der Waals surface area contributed by atoms with Crippen LogP contribution in [-0.4, -0.2) is 11.1 Å². The van der Waals surface area contributed by atoms with E-state index in [1.807, 2.05) is 30.3 Å². The van der Waals surface area contributed by atoms with Crippen LogP contribution in [-0.2, 0) is 11.2 Å². The molecule has 0 fully saturated rings. The van der Waals surface area contributed by atoms with Crippen LogP contribution in [0.5, 0.6) is 0 Å². The predicted octanol–water partition coefficient (Wildman–Crippen LogP) is 4.96. The molecule has 0 amide bonds. The zero-order chi connectivity index (χ0) is 19.1. The lowest BCUT2D eigenvalue weighted by Crippen LogP contribution is -2.06. The third-order valence-electron chi connectivity index (χ3n) is 4.71. The number of hydrogen-bond donors (Lipinski definition) is 1. The van der Waals surface area contributed by atoms with Crippen molar-refractivity contribution >= 4 is 27.9 Å². The first-order chi connectivity index (χ1) is 13.0. The van der Waals surface area contributed by atoms with E-state index in [1.54, 1.807) is 18.2 Å². The molecule has 4 aromatic rings. The van der Waals surface area contributed by atoms with Gasteiger partial charge in [-0.05, 0) is 23.6 Å². The molecule has 2 aromatic carbocycles. The molecule has 1 N–H and O–H groups in total. The molecule has 2 heterocycles. The molecule has 136 valence electrons. The summed E-state index contributed by atoms with van der Waals surface area (Å²) in [6, 6.07) is 14.8. The molecule has 0 radical (unpaired) electrons. The minimum absolute atomic E-state index is 0.194. The highest BCUT2D eigenvalue weighted by molar-refractivity contribution is 6.04. The number of rotatable bonds is 4. The smallest absolute Gasteiger partial charge is 0.347 e. The Bertz CT molecular complexity index is 1210. The van der Waals surface area contributed by atoms with Crippen LogP contribution >= 0.6 is 0 Å². The molecule has 2 aromatic heterocycles. The van der Waals surface area contributed by atoms with Crippen LogP contribution in [0.2, 0.25) is 0 Å². The molecule has 0 atom stereocenters. The molecular weight excluding hydrogens is 344 g/mol. The number of furan rings is 1. The number of carboxylic acids is 1. The number of fused-ring (bicyclic) bond motifs is 3. The van der Waals surface area contributed by atoms with Gasteiger partial charge in [0.1, 0.15) is 16.7 Å². The summed E-state index contributed by atoms with van der Waals surface area (Å²) in [5.74, 6) is -0.263. The van der Waals surface area contributed by atoms with Crippen LogP contribution in [0, 0.1) is 0 Å². The van der Waals surface area contributed by atoms with Gasteiger partial charge in [-0.1, -0.05) is 50.2 Å². The normalized spacial score (nSPS) is 11.5. The maximum absolute atomic E-state index is 12.6. The molecule has 0 bridgehead atoms. The third kappa shape index (κ3) is 2.91. The highest BCUT2D eigenvalue weighted by Crippen LogP contribution is 2.36. The molecule has 0 aliphatic rings. The summed E-state index contributed by atoms with van der Waals surface area (Å²) in [5.41, 5.74) is 2.42. The molecule has 5 heteroatoms. The number of carbonyl (C=O) groups is 1. The molecule has 5 nitrogen and oxygen atoms in total. The summed E-state index contributed by atoms with van der Waals surface area (Å²) >= 11 is 0. The number of hydrogen-bond acceptors (Lipinski definition) is 4. The molecule has 0 aliphatic carbocycles. The molecule has 0 unspecified atom stereocenters. The van der Waals surface area contributed by atoms with Crippen molar-refractivity contribution in [2.75, 3.05) is 0 Å². The van der Waals surface area contributed by atoms with Gasteiger partial charge in [0.25, 0.3) is 0 Å². The first kappa shape index (κ1) is 17.1. The van der Waals surface area contributed by atoms with Crippen molar-refractivity contribution in [2.45, 2.75) is 26.2 Å². The summed E-state index contributed by atoms with van der Waals surface area (Å²) in [6.45, 7) is 4.20. The maximum Gasteiger partial charge on any atom is 0.347 e. The number of carboxylic acid groups (broad SMARTS) is 1. The summed E-state index contributed by atoms with van der Waals surface area (Å²) in [5, 5.41) is 10.2. The van der Waals surface area contributed by atoms with Crippen molar-refractivity contribution in [1.82, 2.24) is 0 Å². The van der Waals surface area contributed by atoms with E-state index >= 15 is 0 Å². The molecule has 4 rings (SSSR count). The minimum atomic E-state index is -1.04. The first-order valence-corrected chi connectivity index (χ1v) is 8.75. The fourth-order valence-electron chi connectivity index (χ4n) is 3.34. The topological polar surface area (TPSA) is 80.6 Å². The second-order valence-corrected chi connectivity index (χ2v) is 6.85. The van der Waals surface area contributed by atoms with Gasteiger partial charge in [0, 0.05) is 11.1 Å². The van der Waals surface area contributed by atoms with E-state index in [4.69, 9.17) is 8.83 Å². The number of benzene rings is 2. The maximum atomic E-state index is 12.6. The Labute approximate surface area is 154 Å². The van der Waals surface area contributed by atoms with Crippen LogP contribution in [0.3, 0.4) is 0 Å². The van der Waals surface area contributed by atoms with Gasteiger partial charge in [0.2, 0.25) is 0 Å². The van der Waals surface area contributed by atoms with Crippen LogP contribution < -0.4 is 5.63 Å². The van der Waals surface area contributed by atoms with Gasteiger partial charge in [-0.2, -0.15) is 0 Å². The SMILES string of the molecule is CC(C)c1ccc(-c2oc3c(c2CC(=O)O)c(=O)oc2ccccc23)cc1. The summed E-state index contributed by atoms with van der Waals surface area (Å²) in [6.07, 6.45) is -0.322. The highest BCUT2D eigenvalue weighted by atomic mass is 16.4. The van der Waals surface area contributed by atoms with E-state index in [-0.39, 0.29) is 11.8 Å². The van der Waals surface area contributed by atoms with Crippen molar-refractivity contribution in [3.63, 3.8) is 0 Å². The Kier molecular flexibility index (Phi) is 4.07. The van der Waals surface area contributed by atoms with Gasteiger partial charge in [0.05, 0.1) is 11.8 Å². The van der Waals surface area contributed by atoms with Crippen molar-refractivity contribution in [2.24, 2.45) is 0 Å².